The molecule has 0 radical (unpaired) electrons. The molecule has 1 fully saturated rings. The van der Waals surface area contributed by atoms with E-state index in [0.717, 1.165) is 25.8 Å². The molecule has 0 amide bonds. The molecular formula is C18H21N3O3. The Labute approximate surface area is 140 Å². The van der Waals surface area contributed by atoms with E-state index in [1.165, 1.54) is 11.1 Å². The van der Waals surface area contributed by atoms with Gasteiger partial charge in [-0.05, 0) is 42.7 Å². The predicted octanol–water partition coefficient (Wildman–Crippen LogP) is 1.87. The minimum Gasteiger partial charge on any atom is -0.479 e. The van der Waals surface area contributed by atoms with Crippen molar-refractivity contribution in [2.75, 3.05) is 6.61 Å². The van der Waals surface area contributed by atoms with E-state index in [2.05, 4.69) is 34.6 Å². The summed E-state index contributed by atoms with van der Waals surface area (Å²) in [5, 5.41) is 17.8. The van der Waals surface area contributed by atoms with Crippen LogP contribution in [0.2, 0.25) is 0 Å². The highest BCUT2D eigenvalue weighted by molar-refractivity contribution is 5.78. The van der Waals surface area contributed by atoms with Crippen molar-refractivity contribution < 1.29 is 14.6 Å². The molecule has 1 N–H and O–H groups in total. The molecule has 4 rings (SSSR count). The molecule has 2 aromatic rings. The monoisotopic (exact) mass is 327 g/mol. The second-order valence-electron chi connectivity index (χ2n) is 6.90. The number of hydrogen-bond donors (Lipinski definition) is 1. The number of hydrogen-bond acceptors (Lipinski definition) is 4. The third-order valence-electron chi connectivity index (χ3n) is 5.13. The number of nitrogens with zero attached hydrogens (tertiary/aromatic N) is 3. The van der Waals surface area contributed by atoms with E-state index in [0.29, 0.717) is 24.6 Å². The number of carbonyl (C=O) groups is 1. The third kappa shape index (κ3) is 2.82. The zero-order valence-electron chi connectivity index (χ0n) is 13.5. The number of ether oxygens (including phenoxy) is 1. The highest BCUT2D eigenvalue weighted by Crippen LogP contribution is 2.30. The largest absolute Gasteiger partial charge is 0.479 e. The van der Waals surface area contributed by atoms with Crippen LogP contribution in [-0.4, -0.2) is 38.3 Å². The van der Waals surface area contributed by atoms with Crippen LogP contribution in [0.3, 0.4) is 0 Å². The lowest BCUT2D eigenvalue weighted by molar-refractivity contribution is -0.160. The van der Waals surface area contributed by atoms with Gasteiger partial charge in [-0.25, -0.2) is 4.79 Å². The van der Waals surface area contributed by atoms with E-state index in [4.69, 9.17) is 4.74 Å². The highest BCUT2D eigenvalue weighted by Gasteiger charge is 2.43. The topological polar surface area (TPSA) is 77.2 Å². The average Bonchev–Trinajstić information content (AvgIpc) is 3.28. The van der Waals surface area contributed by atoms with Crippen molar-refractivity contribution in [2.24, 2.45) is 5.92 Å². The Morgan fingerprint density at radius 1 is 1.33 bits per heavy atom. The molecule has 126 valence electrons. The Kier molecular flexibility index (Phi) is 3.84. The number of carboxylic acids is 1. The smallest absolute Gasteiger partial charge is 0.336 e. The number of aromatic nitrogens is 3. The van der Waals surface area contributed by atoms with Crippen molar-refractivity contribution in [2.45, 2.75) is 44.2 Å². The van der Waals surface area contributed by atoms with Crippen LogP contribution in [0.1, 0.15) is 29.7 Å². The Morgan fingerprint density at radius 2 is 2.08 bits per heavy atom. The molecule has 1 atom stereocenters. The molecule has 1 aromatic heterocycles. The van der Waals surface area contributed by atoms with Gasteiger partial charge >= 0.3 is 5.97 Å². The molecular weight excluding hydrogens is 306 g/mol. The zero-order chi connectivity index (χ0) is 16.6. The van der Waals surface area contributed by atoms with Gasteiger partial charge in [0.05, 0.1) is 5.69 Å². The first-order chi connectivity index (χ1) is 11.6. The summed E-state index contributed by atoms with van der Waals surface area (Å²) in [5.74, 6) is -0.381. The minimum absolute atomic E-state index is 0.285. The van der Waals surface area contributed by atoms with Gasteiger partial charge in [-0.15, -0.1) is 5.10 Å². The van der Waals surface area contributed by atoms with Gasteiger partial charge in [-0.2, -0.15) is 0 Å². The zero-order valence-corrected chi connectivity index (χ0v) is 13.5. The summed E-state index contributed by atoms with van der Waals surface area (Å²) in [6, 6.07) is 8.55. The van der Waals surface area contributed by atoms with Crippen molar-refractivity contribution in [3.05, 3.63) is 47.3 Å². The van der Waals surface area contributed by atoms with Crippen molar-refractivity contribution in [1.29, 1.82) is 0 Å². The molecule has 1 saturated heterocycles. The van der Waals surface area contributed by atoms with Gasteiger partial charge in [0, 0.05) is 25.8 Å². The fourth-order valence-corrected chi connectivity index (χ4v) is 3.93. The third-order valence-corrected chi connectivity index (χ3v) is 5.13. The molecule has 0 bridgehead atoms. The van der Waals surface area contributed by atoms with E-state index >= 15 is 0 Å². The second-order valence-corrected chi connectivity index (χ2v) is 6.90. The van der Waals surface area contributed by atoms with Gasteiger partial charge in [0.1, 0.15) is 0 Å². The SMILES string of the molecule is O=C(O)C1(Cc2cn(CC3Cc4ccccc4C3)nn2)CCCO1. The maximum absolute atomic E-state index is 11.6. The molecule has 2 heterocycles. The molecule has 1 aliphatic heterocycles. The summed E-state index contributed by atoms with van der Waals surface area (Å²) in [5.41, 5.74) is 2.42. The maximum Gasteiger partial charge on any atom is 0.336 e. The Bertz CT molecular complexity index is 724. The molecule has 24 heavy (non-hydrogen) atoms. The van der Waals surface area contributed by atoms with E-state index < -0.39 is 11.6 Å². The van der Waals surface area contributed by atoms with Crippen LogP contribution >= 0.6 is 0 Å². The van der Waals surface area contributed by atoms with Crippen LogP contribution in [0.5, 0.6) is 0 Å². The summed E-state index contributed by atoms with van der Waals surface area (Å²) in [7, 11) is 0. The van der Waals surface area contributed by atoms with Crippen LogP contribution in [0.25, 0.3) is 0 Å². The number of carboxylic acid groups (broad SMARTS) is 1. The highest BCUT2D eigenvalue weighted by atomic mass is 16.5. The van der Waals surface area contributed by atoms with Gasteiger partial charge in [0.15, 0.2) is 5.60 Å². The van der Waals surface area contributed by atoms with Crippen LogP contribution in [0, 0.1) is 5.92 Å². The fourth-order valence-electron chi connectivity index (χ4n) is 3.93. The van der Waals surface area contributed by atoms with Crippen molar-refractivity contribution in [1.82, 2.24) is 15.0 Å². The summed E-state index contributed by atoms with van der Waals surface area (Å²) in [4.78, 5) is 11.6. The van der Waals surface area contributed by atoms with Gasteiger partial charge in [0.2, 0.25) is 0 Å². The standard InChI is InChI=1S/C18H21N3O3/c22-17(23)18(6-3-7-24-18)10-16-12-21(20-19-16)11-13-8-14-4-1-2-5-15(14)9-13/h1-2,4-5,12-13H,3,6-11H2,(H,22,23). The molecule has 0 spiro atoms. The fraction of sp³-hybridized carbons (Fsp3) is 0.500. The summed E-state index contributed by atoms with van der Waals surface area (Å²) < 4.78 is 7.36. The summed E-state index contributed by atoms with van der Waals surface area (Å²) in [6.07, 6.45) is 5.59. The molecule has 2 aliphatic rings. The number of rotatable bonds is 5. The average molecular weight is 327 g/mol. The summed E-state index contributed by atoms with van der Waals surface area (Å²) >= 11 is 0. The van der Waals surface area contributed by atoms with Crippen molar-refractivity contribution in [3.8, 4) is 0 Å². The quantitative estimate of drug-likeness (QED) is 0.907. The Hall–Kier alpha value is -2.21. The predicted molar refractivity (Wildman–Crippen MR) is 86.6 cm³/mol. The maximum atomic E-state index is 11.6. The normalized spacial score (nSPS) is 23.5. The lowest BCUT2D eigenvalue weighted by Gasteiger charge is -2.21. The number of benzene rings is 1. The number of fused-ring (bicyclic) bond motifs is 1. The molecule has 0 saturated carbocycles. The molecule has 1 aromatic carbocycles. The summed E-state index contributed by atoms with van der Waals surface area (Å²) in [6.45, 7) is 1.31. The molecule has 6 nitrogen and oxygen atoms in total. The van der Waals surface area contributed by atoms with E-state index in [1.807, 2.05) is 10.9 Å². The van der Waals surface area contributed by atoms with Gasteiger partial charge < -0.3 is 9.84 Å². The van der Waals surface area contributed by atoms with E-state index in [9.17, 15) is 9.90 Å². The van der Waals surface area contributed by atoms with Crippen molar-refractivity contribution >= 4 is 5.97 Å². The molecule has 6 heteroatoms. The van der Waals surface area contributed by atoms with Crippen LogP contribution in [0.4, 0.5) is 0 Å². The first kappa shape index (κ1) is 15.3. The second kappa shape index (κ2) is 6.02. The molecule has 1 unspecified atom stereocenters. The Balaban J connectivity index is 1.42. The van der Waals surface area contributed by atoms with Gasteiger partial charge in [-0.3, -0.25) is 4.68 Å². The van der Waals surface area contributed by atoms with Crippen LogP contribution in [0.15, 0.2) is 30.5 Å². The Morgan fingerprint density at radius 3 is 2.71 bits per heavy atom. The number of aliphatic carboxylic acids is 1. The van der Waals surface area contributed by atoms with Gasteiger partial charge in [0.25, 0.3) is 0 Å². The lowest BCUT2D eigenvalue weighted by Crippen LogP contribution is -2.40. The van der Waals surface area contributed by atoms with E-state index in [1.54, 1.807) is 0 Å². The molecule has 1 aliphatic carbocycles. The van der Waals surface area contributed by atoms with Crippen molar-refractivity contribution in [3.63, 3.8) is 0 Å². The van der Waals surface area contributed by atoms with E-state index in [-0.39, 0.29) is 6.42 Å². The first-order valence-corrected chi connectivity index (χ1v) is 8.48. The van der Waals surface area contributed by atoms with Gasteiger partial charge in [-0.1, -0.05) is 29.5 Å². The first-order valence-electron chi connectivity index (χ1n) is 8.48. The minimum atomic E-state index is -1.12. The van der Waals surface area contributed by atoms with Crippen LogP contribution < -0.4 is 0 Å². The van der Waals surface area contributed by atoms with Crippen LogP contribution in [-0.2, 0) is 35.3 Å². The lowest BCUT2D eigenvalue weighted by atomic mass is 9.95.